The van der Waals surface area contributed by atoms with Gasteiger partial charge in [-0.3, -0.25) is 9.59 Å². The molecule has 2 rings (SSSR count). The molecule has 0 saturated carbocycles. The van der Waals surface area contributed by atoms with E-state index in [0.717, 1.165) is 5.56 Å². The first-order valence-corrected chi connectivity index (χ1v) is 6.67. The molecule has 0 saturated heterocycles. The molecule has 0 aliphatic rings. The Bertz CT molecular complexity index is 691. The molecule has 1 heterocycles. The van der Waals surface area contributed by atoms with Crippen molar-refractivity contribution in [3.8, 4) is 0 Å². The molecule has 0 unspecified atom stereocenters. The highest BCUT2D eigenvalue weighted by Gasteiger charge is 2.23. The van der Waals surface area contributed by atoms with Crippen LogP contribution in [0.4, 0.5) is 4.39 Å². The van der Waals surface area contributed by atoms with E-state index in [9.17, 15) is 14.0 Å². The highest BCUT2D eigenvalue weighted by molar-refractivity contribution is 5.97. The van der Waals surface area contributed by atoms with Crippen LogP contribution in [0.3, 0.4) is 0 Å². The second-order valence-corrected chi connectivity index (χ2v) is 5.08. The summed E-state index contributed by atoms with van der Waals surface area (Å²) in [5, 5.41) is 8.86. The Morgan fingerprint density at radius 1 is 1.27 bits per heavy atom. The van der Waals surface area contributed by atoms with Gasteiger partial charge in [-0.15, -0.1) is 0 Å². The zero-order valence-corrected chi connectivity index (χ0v) is 12.3. The number of halogens is 1. The van der Waals surface area contributed by atoms with E-state index in [1.807, 2.05) is 0 Å². The summed E-state index contributed by atoms with van der Waals surface area (Å²) in [4.78, 5) is 24.8. The minimum atomic E-state index is -1.07. The van der Waals surface area contributed by atoms with E-state index in [1.54, 1.807) is 26.1 Å². The van der Waals surface area contributed by atoms with Crippen LogP contribution in [0.5, 0.6) is 0 Å². The number of nitrogens with zero attached hydrogens (tertiary/aromatic N) is 1. The lowest BCUT2D eigenvalue weighted by atomic mass is 10.1. The van der Waals surface area contributed by atoms with Crippen molar-refractivity contribution in [1.29, 1.82) is 0 Å². The highest BCUT2D eigenvalue weighted by Crippen LogP contribution is 2.20. The lowest BCUT2D eigenvalue weighted by Gasteiger charge is -2.17. The van der Waals surface area contributed by atoms with Gasteiger partial charge in [0.25, 0.3) is 5.91 Å². The molecule has 0 aliphatic carbocycles. The molecule has 0 radical (unpaired) electrons. The third kappa shape index (κ3) is 3.52. The fourth-order valence-corrected chi connectivity index (χ4v) is 2.18. The Morgan fingerprint density at radius 3 is 2.50 bits per heavy atom. The first-order valence-electron chi connectivity index (χ1n) is 6.67. The number of rotatable bonds is 5. The molecule has 0 aliphatic heterocycles. The van der Waals surface area contributed by atoms with Gasteiger partial charge in [-0.1, -0.05) is 12.1 Å². The lowest BCUT2D eigenvalue weighted by Crippen LogP contribution is -2.27. The number of carboxylic acid groups (broad SMARTS) is 1. The minimum absolute atomic E-state index is 0.140. The molecule has 0 spiro atoms. The molecule has 5 nitrogen and oxygen atoms in total. The number of benzene rings is 1. The summed E-state index contributed by atoms with van der Waals surface area (Å²) in [7, 11) is 1.60. The molecule has 22 heavy (non-hydrogen) atoms. The Morgan fingerprint density at radius 2 is 1.91 bits per heavy atom. The lowest BCUT2D eigenvalue weighted by molar-refractivity contribution is -0.136. The van der Waals surface area contributed by atoms with Crippen molar-refractivity contribution >= 4 is 11.9 Å². The second-order valence-electron chi connectivity index (χ2n) is 5.08. The van der Waals surface area contributed by atoms with Crippen LogP contribution < -0.4 is 0 Å². The molecule has 0 bridgehead atoms. The summed E-state index contributed by atoms with van der Waals surface area (Å²) in [5.41, 5.74) is 1.64. The monoisotopic (exact) mass is 305 g/mol. The summed E-state index contributed by atoms with van der Waals surface area (Å²) < 4.78 is 18.1. The van der Waals surface area contributed by atoms with Crippen LogP contribution in [0.25, 0.3) is 0 Å². The Hall–Kier alpha value is -2.63. The van der Waals surface area contributed by atoms with E-state index in [2.05, 4.69) is 0 Å². The Balaban J connectivity index is 2.18. The minimum Gasteiger partial charge on any atom is -0.481 e. The number of furan rings is 1. The maximum absolute atomic E-state index is 12.9. The number of hydrogen-bond acceptors (Lipinski definition) is 3. The van der Waals surface area contributed by atoms with Crippen molar-refractivity contribution in [2.45, 2.75) is 19.9 Å². The number of aryl methyl sites for hydroxylation is 1. The molecule has 116 valence electrons. The van der Waals surface area contributed by atoms with Crippen molar-refractivity contribution < 1.29 is 23.5 Å². The highest BCUT2D eigenvalue weighted by atomic mass is 19.1. The summed E-state index contributed by atoms with van der Waals surface area (Å²) in [6, 6.07) is 5.85. The summed E-state index contributed by atoms with van der Waals surface area (Å²) >= 11 is 0. The quantitative estimate of drug-likeness (QED) is 0.922. The molecule has 2 aromatic rings. The Kier molecular flexibility index (Phi) is 4.60. The fourth-order valence-electron chi connectivity index (χ4n) is 2.18. The van der Waals surface area contributed by atoms with Gasteiger partial charge in [0.15, 0.2) is 0 Å². The van der Waals surface area contributed by atoms with Crippen molar-refractivity contribution in [3.05, 3.63) is 58.8 Å². The number of carboxylic acids is 1. The summed E-state index contributed by atoms with van der Waals surface area (Å²) in [5.74, 6) is -1.59. The Labute approximate surface area is 127 Å². The average molecular weight is 305 g/mol. The predicted octanol–water partition coefficient (Wildman–Crippen LogP) is 2.63. The van der Waals surface area contributed by atoms with Crippen LogP contribution in [0.15, 0.2) is 34.9 Å². The van der Waals surface area contributed by atoms with Gasteiger partial charge in [-0.05, 0) is 24.6 Å². The number of carbonyl (C=O) groups excluding carboxylic acids is 1. The van der Waals surface area contributed by atoms with Crippen LogP contribution in [-0.4, -0.2) is 28.9 Å². The van der Waals surface area contributed by atoms with Crippen LogP contribution in [0, 0.1) is 12.7 Å². The number of aliphatic carboxylic acids is 1. The van der Waals surface area contributed by atoms with Crippen molar-refractivity contribution in [1.82, 2.24) is 4.90 Å². The SMILES string of the molecule is Cc1coc(CC(=O)O)c1C(=O)N(C)Cc1ccc(F)cc1. The predicted molar refractivity (Wildman–Crippen MR) is 77.0 cm³/mol. The van der Waals surface area contributed by atoms with E-state index in [-0.39, 0.29) is 36.0 Å². The van der Waals surface area contributed by atoms with Gasteiger partial charge in [0, 0.05) is 19.2 Å². The normalized spacial score (nSPS) is 10.5. The molecular weight excluding hydrogens is 289 g/mol. The standard InChI is InChI=1S/C16H16FNO4/c1-10-9-22-13(7-14(19)20)15(10)16(21)18(2)8-11-3-5-12(17)6-4-11/h3-6,9H,7-8H2,1-2H3,(H,19,20). The molecule has 1 aromatic carbocycles. The molecule has 0 atom stereocenters. The van der Waals surface area contributed by atoms with Crippen LogP contribution in [0.1, 0.15) is 27.2 Å². The smallest absolute Gasteiger partial charge is 0.311 e. The largest absolute Gasteiger partial charge is 0.481 e. The third-order valence-electron chi connectivity index (χ3n) is 3.26. The molecule has 1 amide bonds. The van der Waals surface area contributed by atoms with Crippen LogP contribution >= 0.6 is 0 Å². The molecule has 1 N–H and O–H groups in total. The first kappa shape index (κ1) is 15.8. The van der Waals surface area contributed by atoms with Crippen LogP contribution in [-0.2, 0) is 17.8 Å². The van der Waals surface area contributed by atoms with Crippen LogP contribution in [0.2, 0.25) is 0 Å². The van der Waals surface area contributed by atoms with Gasteiger partial charge in [-0.25, -0.2) is 4.39 Å². The fraction of sp³-hybridized carbons (Fsp3) is 0.250. The zero-order valence-electron chi connectivity index (χ0n) is 12.3. The first-order chi connectivity index (χ1) is 10.4. The molecule has 6 heteroatoms. The van der Waals surface area contributed by atoms with E-state index >= 15 is 0 Å². The maximum atomic E-state index is 12.9. The van der Waals surface area contributed by atoms with Gasteiger partial charge in [0.1, 0.15) is 18.0 Å². The van der Waals surface area contributed by atoms with Gasteiger partial charge < -0.3 is 14.4 Å². The van der Waals surface area contributed by atoms with Gasteiger partial charge in [0.2, 0.25) is 0 Å². The third-order valence-corrected chi connectivity index (χ3v) is 3.26. The summed E-state index contributed by atoms with van der Waals surface area (Å²) in [6.07, 6.45) is 1.02. The number of hydrogen-bond donors (Lipinski definition) is 1. The molecular formula is C16H16FNO4. The topological polar surface area (TPSA) is 70.7 Å². The van der Waals surface area contributed by atoms with E-state index in [4.69, 9.17) is 9.52 Å². The van der Waals surface area contributed by atoms with Gasteiger partial charge in [0.05, 0.1) is 11.8 Å². The average Bonchev–Trinajstić information content (AvgIpc) is 2.80. The van der Waals surface area contributed by atoms with E-state index < -0.39 is 5.97 Å². The second kappa shape index (κ2) is 6.43. The number of amides is 1. The van der Waals surface area contributed by atoms with Crippen molar-refractivity contribution in [2.75, 3.05) is 7.05 Å². The number of carbonyl (C=O) groups is 2. The van der Waals surface area contributed by atoms with Crippen molar-refractivity contribution in [3.63, 3.8) is 0 Å². The molecule has 0 fully saturated rings. The maximum Gasteiger partial charge on any atom is 0.311 e. The van der Waals surface area contributed by atoms with E-state index in [0.29, 0.717) is 5.56 Å². The van der Waals surface area contributed by atoms with Gasteiger partial charge in [-0.2, -0.15) is 0 Å². The van der Waals surface area contributed by atoms with Gasteiger partial charge >= 0.3 is 5.97 Å². The molecule has 1 aromatic heterocycles. The summed E-state index contributed by atoms with van der Waals surface area (Å²) in [6.45, 7) is 1.98. The van der Waals surface area contributed by atoms with E-state index in [1.165, 1.54) is 23.3 Å². The zero-order chi connectivity index (χ0) is 16.3. The van der Waals surface area contributed by atoms with Crippen molar-refractivity contribution in [2.24, 2.45) is 0 Å².